The van der Waals surface area contributed by atoms with Gasteiger partial charge in [0.15, 0.2) is 0 Å². The Kier molecular flexibility index (Phi) is 7.76. The molecule has 6 nitrogen and oxygen atoms in total. The quantitative estimate of drug-likeness (QED) is 0.450. The summed E-state index contributed by atoms with van der Waals surface area (Å²) in [7, 11) is 3.09. The van der Waals surface area contributed by atoms with E-state index in [1.165, 1.54) is 19.2 Å². The molecule has 0 aliphatic carbocycles. The molecule has 1 aliphatic heterocycles. The van der Waals surface area contributed by atoms with Crippen molar-refractivity contribution in [2.45, 2.75) is 39.0 Å². The van der Waals surface area contributed by atoms with Crippen LogP contribution < -0.4 is 4.74 Å². The predicted molar refractivity (Wildman–Crippen MR) is 109 cm³/mol. The first kappa shape index (κ1) is 24.4. The number of methoxy groups -OCH3 is 1. The van der Waals surface area contributed by atoms with Crippen LogP contribution in [-0.2, 0) is 15.1 Å². The van der Waals surface area contributed by atoms with Crippen molar-refractivity contribution in [3.8, 4) is 5.75 Å². The molecule has 0 aromatic heterocycles. The van der Waals surface area contributed by atoms with Crippen molar-refractivity contribution in [2.75, 3.05) is 47.1 Å². The number of hydrogen-bond donors (Lipinski definition) is 1. The Bertz CT molecular complexity index is 745. The molecule has 0 spiro atoms. The molecule has 1 saturated heterocycles. The van der Waals surface area contributed by atoms with Crippen LogP contribution >= 0.6 is 0 Å². The van der Waals surface area contributed by atoms with Gasteiger partial charge in [0.05, 0.1) is 45.6 Å². The van der Waals surface area contributed by atoms with E-state index in [1.54, 1.807) is 13.3 Å². The molecule has 1 aromatic rings. The highest BCUT2D eigenvalue weighted by molar-refractivity contribution is 5.65. The average Bonchev–Trinajstić information content (AvgIpc) is 2.67. The monoisotopic (exact) mass is 432 g/mol. The second-order valence-electron chi connectivity index (χ2n) is 7.85. The Hall–Kier alpha value is -1.84. The first-order chi connectivity index (χ1) is 14.0. The highest BCUT2D eigenvalue weighted by atomic mass is 19.4. The van der Waals surface area contributed by atoms with Crippen molar-refractivity contribution in [1.29, 1.82) is 0 Å². The minimum absolute atomic E-state index is 0.0783. The number of aliphatic hydroxyl groups is 1. The van der Waals surface area contributed by atoms with Crippen LogP contribution in [-0.4, -0.2) is 69.7 Å². The number of aryl methyl sites for hydroxylation is 1. The van der Waals surface area contributed by atoms with Gasteiger partial charge in [-0.1, -0.05) is 6.92 Å². The van der Waals surface area contributed by atoms with Gasteiger partial charge < -0.3 is 24.2 Å². The van der Waals surface area contributed by atoms with Gasteiger partial charge in [0, 0.05) is 30.6 Å². The third kappa shape index (κ3) is 5.07. The van der Waals surface area contributed by atoms with Gasteiger partial charge in [-0.05, 0) is 31.9 Å². The first-order valence-electron chi connectivity index (χ1n) is 9.90. The lowest BCUT2D eigenvalue weighted by atomic mass is 9.84. The zero-order valence-electron chi connectivity index (χ0n) is 18.2. The van der Waals surface area contributed by atoms with Crippen LogP contribution in [0.1, 0.15) is 31.4 Å². The molecule has 1 unspecified atom stereocenters. The van der Waals surface area contributed by atoms with Crippen molar-refractivity contribution >= 4 is 12.0 Å². The molecule has 30 heavy (non-hydrogen) atoms. The molecule has 170 valence electrons. The van der Waals surface area contributed by atoms with Gasteiger partial charge >= 0.3 is 6.18 Å². The van der Waals surface area contributed by atoms with Crippen LogP contribution in [0.3, 0.4) is 0 Å². The maximum absolute atomic E-state index is 14.0. The van der Waals surface area contributed by atoms with E-state index in [0.717, 1.165) is 13.0 Å². The smallest absolute Gasteiger partial charge is 0.423 e. The maximum atomic E-state index is 14.0. The fourth-order valence-electron chi connectivity index (χ4n) is 3.06. The fourth-order valence-corrected chi connectivity index (χ4v) is 3.06. The molecule has 1 heterocycles. The number of alkyl halides is 3. The largest absolute Gasteiger partial charge is 0.496 e. The van der Waals surface area contributed by atoms with Crippen molar-refractivity contribution in [2.24, 2.45) is 10.4 Å². The standard InChI is InChI=1S/C21H31F3N2O4/c1-6-19(10-29-11-19)12-30-13-20(27,21(22,23)24)16-8-15(3)17(9-18(16)28-5)25-14-26(4)7-2/h8-9,14,27H,6-7,10-13H2,1-5H3. The molecule has 0 radical (unpaired) electrons. The number of ether oxygens (including phenoxy) is 3. The van der Waals surface area contributed by atoms with Gasteiger partial charge in [-0.25, -0.2) is 4.99 Å². The summed E-state index contributed by atoms with van der Waals surface area (Å²) < 4.78 is 57.7. The second kappa shape index (κ2) is 9.53. The van der Waals surface area contributed by atoms with Gasteiger partial charge in [-0.15, -0.1) is 0 Å². The van der Waals surface area contributed by atoms with Gasteiger partial charge in [0.1, 0.15) is 5.75 Å². The number of nitrogens with zero attached hydrogens (tertiary/aromatic N) is 2. The molecular formula is C21H31F3N2O4. The summed E-state index contributed by atoms with van der Waals surface area (Å²) in [5, 5.41) is 10.8. The molecule has 1 N–H and O–H groups in total. The van der Waals surface area contributed by atoms with Gasteiger partial charge in [-0.3, -0.25) is 0 Å². The lowest BCUT2D eigenvalue weighted by Crippen LogP contribution is -2.50. The van der Waals surface area contributed by atoms with Gasteiger partial charge in [-0.2, -0.15) is 13.2 Å². The lowest BCUT2D eigenvalue weighted by Gasteiger charge is -2.41. The molecule has 0 saturated carbocycles. The van der Waals surface area contributed by atoms with Crippen LogP contribution in [0.25, 0.3) is 0 Å². The molecular weight excluding hydrogens is 401 g/mol. The van der Waals surface area contributed by atoms with Crippen LogP contribution in [0.2, 0.25) is 0 Å². The Labute approximate surface area is 175 Å². The van der Waals surface area contributed by atoms with Crippen molar-refractivity contribution in [3.05, 3.63) is 23.3 Å². The second-order valence-corrected chi connectivity index (χ2v) is 7.85. The summed E-state index contributed by atoms with van der Waals surface area (Å²) in [6.45, 7) is 6.27. The number of aliphatic imine (C=N–C) groups is 1. The molecule has 0 amide bonds. The van der Waals surface area contributed by atoms with Crippen LogP contribution in [0.5, 0.6) is 5.75 Å². The SMILES string of the molecule is CCN(C)C=Nc1cc(OC)c(C(O)(COCC2(CC)COC2)C(F)(F)F)cc1C. The van der Waals surface area contributed by atoms with Gasteiger partial charge in [0.2, 0.25) is 5.60 Å². The molecule has 1 fully saturated rings. The molecule has 9 heteroatoms. The van der Waals surface area contributed by atoms with E-state index < -0.39 is 23.9 Å². The zero-order chi connectivity index (χ0) is 22.6. The third-order valence-corrected chi connectivity index (χ3v) is 5.61. The van der Waals surface area contributed by atoms with E-state index in [4.69, 9.17) is 14.2 Å². The number of benzene rings is 1. The highest BCUT2D eigenvalue weighted by Gasteiger charge is 2.57. The summed E-state index contributed by atoms with van der Waals surface area (Å²) in [6.07, 6.45) is -2.65. The van der Waals surface area contributed by atoms with Crippen molar-refractivity contribution in [1.82, 2.24) is 4.90 Å². The summed E-state index contributed by atoms with van der Waals surface area (Å²) in [5.74, 6) is -0.104. The van der Waals surface area contributed by atoms with E-state index in [9.17, 15) is 18.3 Å². The zero-order valence-corrected chi connectivity index (χ0v) is 18.2. The molecule has 1 aromatic carbocycles. The number of rotatable bonds is 10. The van der Waals surface area contributed by atoms with Crippen LogP contribution in [0.15, 0.2) is 17.1 Å². The topological polar surface area (TPSA) is 63.5 Å². The summed E-state index contributed by atoms with van der Waals surface area (Å²) in [4.78, 5) is 6.13. The maximum Gasteiger partial charge on any atom is 0.423 e. The normalized spacial score (nSPS) is 18.2. The summed E-state index contributed by atoms with van der Waals surface area (Å²) in [6, 6.07) is 2.66. The lowest BCUT2D eigenvalue weighted by molar-refractivity contribution is -0.287. The minimum atomic E-state index is -4.96. The van der Waals surface area contributed by atoms with Crippen molar-refractivity contribution < 1.29 is 32.5 Å². The van der Waals surface area contributed by atoms with E-state index in [0.29, 0.717) is 24.5 Å². The number of halogens is 3. The highest BCUT2D eigenvalue weighted by Crippen LogP contribution is 2.45. The molecule has 0 bridgehead atoms. The van der Waals surface area contributed by atoms with E-state index in [-0.39, 0.29) is 17.8 Å². The van der Waals surface area contributed by atoms with Crippen LogP contribution in [0, 0.1) is 12.3 Å². The third-order valence-electron chi connectivity index (χ3n) is 5.61. The predicted octanol–water partition coefficient (Wildman–Crippen LogP) is 3.81. The van der Waals surface area contributed by atoms with Gasteiger partial charge in [0.25, 0.3) is 0 Å². The molecule has 1 atom stereocenters. The Morgan fingerprint density at radius 3 is 2.43 bits per heavy atom. The molecule has 2 rings (SSSR count). The molecule has 1 aliphatic rings. The minimum Gasteiger partial charge on any atom is -0.496 e. The average molecular weight is 432 g/mol. The Morgan fingerprint density at radius 1 is 1.30 bits per heavy atom. The number of hydrogen-bond acceptors (Lipinski definition) is 5. The Balaban J connectivity index is 2.35. The Morgan fingerprint density at radius 2 is 1.97 bits per heavy atom. The first-order valence-corrected chi connectivity index (χ1v) is 9.90. The summed E-state index contributed by atoms with van der Waals surface area (Å²) >= 11 is 0. The van der Waals surface area contributed by atoms with Crippen LogP contribution in [0.4, 0.5) is 18.9 Å². The van der Waals surface area contributed by atoms with E-state index >= 15 is 0 Å². The summed E-state index contributed by atoms with van der Waals surface area (Å²) in [5.41, 5.74) is -2.97. The van der Waals surface area contributed by atoms with Crippen molar-refractivity contribution in [3.63, 3.8) is 0 Å². The van der Waals surface area contributed by atoms with E-state index in [1.807, 2.05) is 25.8 Å². The fraction of sp³-hybridized carbons (Fsp3) is 0.667. The van der Waals surface area contributed by atoms with E-state index in [2.05, 4.69) is 4.99 Å².